The van der Waals surface area contributed by atoms with Gasteiger partial charge in [0, 0.05) is 38.8 Å². The Morgan fingerprint density at radius 1 is 1.28 bits per heavy atom. The number of rotatable bonds is 7. The first-order chi connectivity index (χ1) is 8.52. The number of piperazine rings is 1. The molecule has 1 heterocycles. The number of aliphatic hydroxyl groups is 1. The van der Waals surface area contributed by atoms with Crippen molar-refractivity contribution in [2.24, 2.45) is 5.92 Å². The summed E-state index contributed by atoms with van der Waals surface area (Å²) >= 11 is 0. The number of aliphatic hydroxyl groups excluding tert-OH is 1. The molecule has 1 rings (SSSR count). The van der Waals surface area contributed by atoms with Gasteiger partial charge in [-0.15, -0.1) is 0 Å². The maximum Gasteiger partial charge on any atom is 0.0791 e. The van der Waals surface area contributed by atoms with E-state index in [0.29, 0.717) is 18.5 Å². The van der Waals surface area contributed by atoms with Gasteiger partial charge in [0.25, 0.3) is 0 Å². The summed E-state index contributed by atoms with van der Waals surface area (Å²) < 4.78 is 0. The molecule has 2 N–H and O–H groups in total. The van der Waals surface area contributed by atoms with Crippen molar-refractivity contribution in [3.8, 4) is 0 Å². The zero-order valence-corrected chi connectivity index (χ0v) is 12.5. The molecule has 1 saturated heterocycles. The van der Waals surface area contributed by atoms with Crippen molar-refractivity contribution < 1.29 is 5.11 Å². The largest absolute Gasteiger partial charge is 0.390 e. The Balaban J connectivity index is 2.21. The molecule has 0 saturated carbocycles. The molecular formula is C14H31N3O. The van der Waals surface area contributed by atoms with Crippen LogP contribution in [0.3, 0.4) is 0 Å². The van der Waals surface area contributed by atoms with E-state index in [1.54, 1.807) is 0 Å². The first-order valence-electron chi connectivity index (χ1n) is 7.34. The highest BCUT2D eigenvalue weighted by Gasteiger charge is 2.23. The molecule has 0 aromatic heterocycles. The zero-order chi connectivity index (χ0) is 13.5. The number of hydrogen-bond donors (Lipinski definition) is 2. The highest BCUT2D eigenvalue weighted by atomic mass is 16.3. The SMILES string of the molecule is CCC1CN(CC(O)CNCC(C)C)CCN1C. The molecule has 108 valence electrons. The summed E-state index contributed by atoms with van der Waals surface area (Å²) in [5.41, 5.74) is 0. The van der Waals surface area contributed by atoms with E-state index in [2.05, 4.69) is 42.9 Å². The van der Waals surface area contributed by atoms with E-state index in [0.717, 1.165) is 32.7 Å². The third-order valence-electron chi connectivity index (χ3n) is 3.73. The minimum atomic E-state index is -0.246. The summed E-state index contributed by atoms with van der Waals surface area (Å²) in [7, 11) is 2.20. The van der Waals surface area contributed by atoms with Crippen molar-refractivity contribution in [1.82, 2.24) is 15.1 Å². The van der Waals surface area contributed by atoms with Gasteiger partial charge in [-0.1, -0.05) is 20.8 Å². The molecule has 0 radical (unpaired) electrons. The summed E-state index contributed by atoms with van der Waals surface area (Å²) in [6, 6.07) is 0.648. The van der Waals surface area contributed by atoms with E-state index in [1.165, 1.54) is 6.42 Å². The zero-order valence-electron chi connectivity index (χ0n) is 12.5. The average molecular weight is 257 g/mol. The van der Waals surface area contributed by atoms with E-state index >= 15 is 0 Å². The van der Waals surface area contributed by atoms with Gasteiger partial charge in [-0.3, -0.25) is 4.90 Å². The van der Waals surface area contributed by atoms with Crippen LogP contribution in [0.2, 0.25) is 0 Å². The molecule has 0 amide bonds. The number of hydrogen-bond acceptors (Lipinski definition) is 4. The summed E-state index contributed by atoms with van der Waals surface area (Å²) in [6.45, 7) is 12.4. The third kappa shape index (κ3) is 5.65. The van der Waals surface area contributed by atoms with Gasteiger partial charge in [0.15, 0.2) is 0 Å². The Bertz CT molecular complexity index is 223. The first kappa shape index (κ1) is 15.9. The quantitative estimate of drug-likeness (QED) is 0.701. The van der Waals surface area contributed by atoms with E-state index in [4.69, 9.17) is 0 Å². The Hall–Kier alpha value is -0.160. The molecule has 0 spiro atoms. The molecule has 1 fully saturated rings. The van der Waals surface area contributed by atoms with Crippen molar-refractivity contribution in [1.29, 1.82) is 0 Å². The normalized spacial score (nSPS) is 24.7. The van der Waals surface area contributed by atoms with Crippen LogP contribution >= 0.6 is 0 Å². The second kappa shape index (κ2) is 8.10. The van der Waals surface area contributed by atoms with Crippen molar-refractivity contribution >= 4 is 0 Å². The monoisotopic (exact) mass is 257 g/mol. The lowest BCUT2D eigenvalue weighted by molar-refractivity contribution is 0.0504. The summed E-state index contributed by atoms with van der Waals surface area (Å²) in [5, 5.41) is 13.3. The van der Waals surface area contributed by atoms with Gasteiger partial charge in [0.05, 0.1) is 6.10 Å². The van der Waals surface area contributed by atoms with Crippen molar-refractivity contribution in [2.45, 2.75) is 39.3 Å². The lowest BCUT2D eigenvalue weighted by Crippen LogP contribution is -2.53. The standard InChI is InChI=1S/C14H31N3O/c1-5-13-10-17(7-6-16(13)4)11-14(18)9-15-8-12(2)3/h12-15,18H,5-11H2,1-4H3. The predicted octanol–water partition coefficient (Wildman–Crippen LogP) is 0.619. The fourth-order valence-corrected chi connectivity index (χ4v) is 2.52. The van der Waals surface area contributed by atoms with Crippen LogP contribution in [0.1, 0.15) is 27.2 Å². The molecular weight excluding hydrogens is 226 g/mol. The number of nitrogens with zero attached hydrogens (tertiary/aromatic N) is 2. The molecule has 1 aliphatic rings. The van der Waals surface area contributed by atoms with Crippen LogP contribution in [-0.4, -0.2) is 73.4 Å². The molecule has 4 heteroatoms. The van der Waals surface area contributed by atoms with E-state index in [9.17, 15) is 5.11 Å². The fourth-order valence-electron chi connectivity index (χ4n) is 2.52. The smallest absolute Gasteiger partial charge is 0.0791 e. The molecule has 0 bridgehead atoms. The van der Waals surface area contributed by atoms with Gasteiger partial charge in [-0.2, -0.15) is 0 Å². The summed E-state index contributed by atoms with van der Waals surface area (Å²) in [5.74, 6) is 0.644. The predicted molar refractivity (Wildman–Crippen MR) is 76.9 cm³/mol. The highest BCUT2D eigenvalue weighted by molar-refractivity contribution is 4.80. The van der Waals surface area contributed by atoms with Gasteiger partial charge >= 0.3 is 0 Å². The van der Waals surface area contributed by atoms with Gasteiger partial charge in [0.2, 0.25) is 0 Å². The lowest BCUT2D eigenvalue weighted by atomic mass is 10.1. The van der Waals surface area contributed by atoms with Crippen LogP contribution in [0.15, 0.2) is 0 Å². The third-order valence-corrected chi connectivity index (χ3v) is 3.73. The van der Waals surface area contributed by atoms with Crippen LogP contribution in [-0.2, 0) is 0 Å². The van der Waals surface area contributed by atoms with Crippen molar-refractivity contribution in [2.75, 3.05) is 46.3 Å². The maximum atomic E-state index is 10.0. The van der Waals surface area contributed by atoms with Gasteiger partial charge in [-0.05, 0) is 25.9 Å². The average Bonchev–Trinajstić information content (AvgIpc) is 2.31. The fraction of sp³-hybridized carbons (Fsp3) is 1.00. The molecule has 0 aromatic carbocycles. The summed E-state index contributed by atoms with van der Waals surface area (Å²) in [4.78, 5) is 4.83. The van der Waals surface area contributed by atoms with E-state index < -0.39 is 0 Å². The molecule has 4 nitrogen and oxygen atoms in total. The van der Waals surface area contributed by atoms with Crippen LogP contribution in [0.4, 0.5) is 0 Å². The van der Waals surface area contributed by atoms with Crippen LogP contribution in [0, 0.1) is 5.92 Å². The van der Waals surface area contributed by atoms with Crippen molar-refractivity contribution in [3.05, 3.63) is 0 Å². The Morgan fingerprint density at radius 3 is 2.61 bits per heavy atom. The van der Waals surface area contributed by atoms with E-state index in [1.807, 2.05) is 0 Å². The van der Waals surface area contributed by atoms with Gasteiger partial charge in [-0.25, -0.2) is 0 Å². The van der Waals surface area contributed by atoms with Gasteiger partial charge < -0.3 is 15.3 Å². The van der Waals surface area contributed by atoms with Crippen LogP contribution in [0.25, 0.3) is 0 Å². The molecule has 1 aliphatic heterocycles. The number of β-amino-alcohol motifs (C(OH)–C–C–N with tert-alkyl or cyclic N) is 1. The molecule has 2 atom stereocenters. The molecule has 18 heavy (non-hydrogen) atoms. The Labute approximate surface area is 112 Å². The van der Waals surface area contributed by atoms with E-state index in [-0.39, 0.29) is 6.10 Å². The number of likely N-dealkylation sites (N-methyl/N-ethyl adjacent to an activating group) is 1. The first-order valence-corrected chi connectivity index (χ1v) is 7.34. The van der Waals surface area contributed by atoms with Crippen LogP contribution in [0.5, 0.6) is 0 Å². The maximum absolute atomic E-state index is 10.0. The number of nitrogens with one attached hydrogen (secondary N) is 1. The molecule has 2 unspecified atom stereocenters. The topological polar surface area (TPSA) is 38.7 Å². The second-order valence-electron chi connectivity index (χ2n) is 6.01. The van der Waals surface area contributed by atoms with Crippen LogP contribution < -0.4 is 5.32 Å². The Kier molecular flexibility index (Phi) is 7.15. The molecule has 0 aliphatic carbocycles. The second-order valence-corrected chi connectivity index (χ2v) is 6.01. The van der Waals surface area contributed by atoms with Crippen molar-refractivity contribution in [3.63, 3.8) is 0 Å². The minimum Gasteiger partial charge on any atom is -0.390 e. The highest BCUT2D eigenvalue weighted by Crippen LogP contribution is 2.10. The Morgan fingerprint density at radius 2 is 2.00 bits per heavy atom. The lowest BCUT2D eigenvalue weighted by Gasteiger charge is -2.39. The van der Waals surface area contributed by atoms with Gasteiger partial charge in [0.1, 0.15) is 0 Å². The minimum absolute atomic E-state index is 0.246. The summed E-state index contributed by atoms with van der Waals surface area (Å²) in [6.07, 6.45) is 0.943. The molecule has 0 aromatic rings.